The highest BCUT2D eigenvalue weighted by Gasteiger charge is 2.48. The predicted octanol–water partition coefficient (Wildman–Crippen LogP) is 0.766. The standard InChI is InChI=1S/C18H29N8O5P/c1-10(2)32(30,11(3)4)24(7-5-6-19)12-8-14(31-13(12)9-27)25-18(28)16-15(21-23-25)17(20)22-26(16)29/h10-14,27,29H,5,7-9H2,1-4H3,(H2,20,22). The summed E-state index contributed by atoms with van der Waals surface area (Å²) in [6.07, 6.45) is -1.37. The summed E-state index contributed by atoms with van der Waals surface area (Å²) in [7, 11) is -2.98. The fourth-order valence-corrected chi connectivity index (χ4v) is 7.88. The molecule has 2 aromatic heterocycles. The van der Waals surface area contributed by atoms with Crippen molar-refractivity contribution < 1.29 is 19.6 Å². The van der Waals surface area contributed by atoms with Crippen LogP contribution in [0.4, 0.5) is 5.82 Å². The maximum atomic E-state index is 14.1. The maximum absolute atomic E-state index is 14.1. The van der Waals surface area contributed by atoms with Crippen LogP contribution in [0, 0.1) is 11.3 Å². The second-order valence-corrected chi connectivity index (χ2v) is 12.3. The highest BCUT2D eigenvalue weighted by molar-refractivity contribution is 7.62. The van der Waals surface area contributed by atoms with Gasteiger partial charge in [0.15, 0.2) is 30.4 Å². The summed E-state index contributed by atoms with van der Waals surface area (Å²) in [6, 6.07) is 1.57. The number of nitrogen functional groups attached to an aromatic ring is 1. The lowest BCUT2D eigenvalue weighted by Crippen LogP contribution is -2.43. The monoisotopic (exact) mass is 468 g/mol. The van der Waals surface area contributed by atoms with Gasteiger partial charge in [-0.05, 0) is 0 Å². The normalized spacial score (nSPS) is 21.8. The van der Waals surface area contributed by atoms with Crippen LogP contribution in [0.1, 0.15) is 46.8 Å². The molecule has 0 saturated carbocycles. The van der Waals surface area contributed by atoms with Crippen molar-refractivity contribution in [2.24, 2.45) is 0 Å². The van der Waals surface area contributed by atoms with Crippen LogP contribution in [0.5, 0.6) is 0 Å². The van der Waals surface area contributed by atoms with Gasteiger partial charge >= 0.3 is 5.56 Å². The van der Waals surface area contributed by atoms with Crippen LogP contribution in [-0.2, 0) is 9.30 Å². The number of nitrogens with two attached hydrogens (primary N) is 1. The zero-order valence-corrected chi connectivity index (χ0v) is 19.4. The largest absolute Gasteiger partial charge is 0.411 e. The topological polar surface area (TPSA) is 185 Å². The van der Waals surface area contributed by atoms with E-state index in [1.165, 1.54) is 0 Å². The van der Waals surface area contributed by atoms with Gasteiger partial charge in [0.1, 0.15) is 0 Å². The molecule has 1 aliphatic rings. The summed E-state index contributed by atoms with van der Waals surface area (Å²) >= 11 is 0. The van der Waals surface area contributed by atoms with Gasteiger partial charge in [0.05, 0.1) is 18.8 Å². The molecule has 2 aromatic rings. The van der Waals surface area contributed by atoms with Crippen molar-refractivity contribution >= 4 is 24.1 Å². The van der Waals surface area contributed by atoms with E-state index in [4.69, 9.17) is 15.7 Å². The lowest BCUT2D eigenvalue weighted by molar-refractivity contribution is -0.0397. The molecule has 4 N–H and O–H groups in total. The molecule has 0 radical (unpaired) electrons. The number of aliphatic hydroxyl groups is 1. The predicted molar refractivity (Wildman–Crippen MR) is 115 cm³/mol. The summed E-state index contributed by atoms with van der Waals surface area (Å²) in [5.74, 6) is -0.143. The number of aromatic nitrogens is 5. The quantitative estimate of drug-likeness (QED) is 0.367. The average Bonchev–Trinajstić information content (AvgIpc) is 3.28. The molecule has 0 amide bonds. The Hall–Kier alpha value is -2.52. The Morgan fingerprint density at radius 3 is 2.59 bits per heavy atom. The fraction of sp³-hybridized carbons (Fsp3) is 0.722. The minimum atomic E-state index is -2.98. The first-order valence-electron chi connectivity index (χ1n) is 10.4. The number of fused-ring (bicyclic) bond motifs is 1. The first-order chi connectivity index (χ1) is 15.1. The summed E-state index contributed by atoms with van der Waals surface area (Å²) < 4.78 is 22.8. The minimum absolute atomic E-state index is 0.0400. The third-order valence-electron chi connectivity index (χ3n) is 5.89. The Labute approximate surface area is 184 Å². The molecule has 0 bridgehead atoms. The van der Waals surface area contributed by atoms with Crippen molar-refractivity contribution in [1.29, 1.82) is 5.26 Å². The van der Waals surface area contributed by atoms with Crippen LogP contribution in [-0.4, -0.2) is 76.5 Å². The smallest absolute Gasteiger partial charge is 0.302 e. The molecule has 0 aliphatic carbocycles. The fourth-order valence-electron chi connectivity index (χ4n) is 4.38. The number of aliphatic hydroxyl groups excluding tert-OH is 1. The number of anilines is 1. The SMILES string of the molecule is CC(C)P(=O)(C(C)C)N(CCC#N)C1CC(n2nnc3c(N)nn(O)c3c2=O)OC1CO. The van der Waals surface area contributed by atoms with Crippen LogP contribution in [0.2, 0.25) is 0 Å². The van der Waals surface area contributed by atoms with Crippen LogP contribution < -0.4 is 11.3 Å². The summed E-state index contributed by atoms with van der Waals surface area (Å²) in [5.41, 5.74) is 4.25. The van der Waals surface area contributed by atoms with Gasteiger partial charge in [0, 0.05) is 36.7 Å². The van der Waals surface area contributed by atoms with Crippen molar-refractivity contribution in [3.8, 4) is 6.07 Å². The average molecular weight is 468 g/mol. The van der Waals surface area contributed by atoms with Gasteiger partial charge in [0.2, 0.25) is 0 Å². The van der Waals surface area contributed by atoms with Crippen molar-refractivity contribution in [2.75, 3.05) is 18.9 Å². The second kappa shape index (κ2) is 9.15. The number of nitriles is 1. The number of hydrogen-bond donors (Lipinski definition) is 3. The Morgan fingerprint density at radius 2 is 2.03 bits per heavy atom. The van der Waals surface area contributed by atoms with E-state index in [9.17, 15) is 19.7 Å². The maximum Gasteiger partial charge on any atom is 0.302 e. The zero-order valence-electron chi connectivity index (χ0n) is 18.5. The van der Waals surface area contributed by atoms with Gasteiger partial charge in [-0.2, -0.15) is 9.94 Å². The third kappa shape index (κ3) is 3.88. The Morgan fingerprint density at radius 1 is 1.38 bits per heavy atom. The molecular weight excluding hydrogens is 439 g/mol. The molecule has 0 aromatic carbocycles. The molecule has 3 atom stereocenters. The molecule has 32 heavy (non-hydrogen) atoms. The number of rotatable bonds is 8. The number of ether oxygens (including phenoxy) is 1. The van der Waals surface area contributed by atoms with Crippen molar-refractivity contribution in [1.82, 2.24) is 29.6 Å². The molecule has 13 nitrogen and oxygen atoms in total. The van der Waals surface area contributed by atoms with Gasteiger partial charge in [-0.3, -0.25) is 4.79 Å². The molecule has 176 valence electrons. The van der Waals surface area contributed by atoms with Gasteiger partial charge < -0.3 is 25.3 Å². The van der Waals surface area contributed by atoms with Gasteiger partial charge in [-0.15, -0.1) is 10.2 Å². The lowest BCUT2D eigenvalue weighted by atomic mass is 10.1. The van der Waals surface area contributed by atoms with Crippen molar-refractivity contribution in [3.63, 3.8) is 0 Å². The number of nitrogens with zero attached hydrogens (tertiary/aromatic N) is 7. The van der Waals surface area contributed by atoms with E-state index in [1.54, 1.807) is 4.67 Å². The van der Waals surface area contributed by atoms with Gasteiger partial charge in [-0.1, -0.05) is 37.8 Å². The first-order valence-corrected chi connectivity index (χ1v) is 12.2. The van der Waals surface area contributed by atoms with Gasteiger partial charge in [0.25, 0.3) is 0 Å². The van der Waals surface area contributed by atoms with Crippen LogP contribution >= 0.6 is 7.29 Å². The molecular formula is C18H29N8O5P. The second-order valence-electron chi connectivity index (χ2n) is 8.36. The molecule has 0 spiro atoms. The zero-order chi connectivity index (χ0) is 23.8. The van der Waals surface area contributed by atoms with Crippen LogP contribution in [0.25, 0.3) is 11.0 Å². The third-order valence-corrected chi connectivity index (χ3v) is 10.2. The highest BCUT2D eigenvalue weighted by Crippen LogP contribution is 2.60. The lowest BCUT2D eigenvalue weighted by Gasteiger charge is -2.41. The number of hydrogen-bond acceptors (Lipinski definition) is 10. The highest BCUT2D eigenvalue weighted by atomic mass is 31.2. The van der Waals surface area contributed by atoms with Crippen molar-refractivity contribution in [3.05, 3.63) is 10.4 Å². The summed E-state index contributed by atoms with van der Waals surface area (Å²) in [6.45, 7) is 7.35. The van der Waals surface area contributed by atoms with E-state index in [2.05, 4.69) is 21.5 Å². The first kappa shape index (κ1) is 24.1. The molecule has 1 fully saturated rings. The summed E-state index contributed by atoms with van der Waals surface area (Å²) in [5, 5.41) is 40.4. The molecule has 14 heteroatoms. The van der Waals surface area contributed by atoms with Crippen molar-refractivity contribution in [2.45, 2.75) is 70.2 Å². The summed E-state index contributed by atoms with van der Waals surface area (Å²) in [4.78, 5) is 13.3. The van der Waals surface area contributed by atoms with E-state index < -0.39 is 31.2 Å². The van der Waals surface area contributed by atoms with Crippen LogP contribution in [0.3, 0.4) is 0 Å². The van der Waals surface area contributed by atoms with E-state index in [0.29, 0.717) is 4.85 Å². The van der Waals surface area contributed by atoms with E-state index >= 15 is 0 Å². The van der Waals surface area contributed by atoms with Gasteiger partial charge in [-0.25, -0.2) is 4.67 Å². The molecule has 1 saturated heterocycles. The molecule has 1 aliphatic heterocycles. The van der Waals surface area contributed by atoms with E-state index in [0.717, 1.165) is 4.68 Å². The molecule has 3 unspecified atom stereocenters. The minimum Gasteiger partial charge on any atom is -0.411 e. The van der Waals surface area contributed by atoms with Crippen LogP contribution in [0.15, 0.2) is 4.79 Å². The van der Waals surface area contributed by atoms with E-state index in [1.807, 2.05) is 27.7 Å². The Bertz CT molecular complexity index is 1110. The van der Waals surface area contributed by atoms with E-state index in [-0.39, 0.29) is 54.2 Å². The Kier molecular flexibility index (Phi) is 6.90. The molecule has 3 rings (SSSR count). The molecule has 3 heterocycles. The Balaban J connectivity index is 2.03.